The standard InChI is InChI=1S/C23H21NO3/c1-16-12-17(2)14-20(13-16)23(26)27-15-18-8-10-19(11-9-18)22(25)24-21-6-4-3-5-7-21/h3-14H,15H2,1-2H3,(H,24,25). The lowest BCUT2D eigenvalue weighted by atomic mass is 10.1. The Kier molecular flexibility index (Phi) is 5.67. The van der Waals surface area contributed by atoms with Gasteiger partial charge in [0.15, 0.2) is 0 Å². The molecule has 0 saturated carbocycles. The maximum Gasteiger partial charge on any atom is 0.338 e. The molecule has 0 radical (unpaired) electrons. The van der Waals surface area contributed by atoms with Crippen LogP contribution in [-0.4, -0.2) is 11.9 Å². The monoisotopic (exact) mass is 359 g/mol. The number of carbonyl (C=O) groups excluding carboxylic acids is 2. The van der Waals surface area contributed by atoms with Crippen LogP contribution in [0.4, 0.5) is 5.69 Å². The number of aryl methyl sites for hydroxylation is 2. The Morgan fingerprint density at radius 1 is 0.815 bits per heavy atom. The largest absolute Gasteiger partial charge is 0.457 e. The van der Waals surface area contributed by atoms with Crippen LogP contribution in [0.25, 0.3) is 0 Å². The van der Waals surface area contributed by atoms with Gasteiger partial charge in [0, 0.05) is 11.3 Å². The molecule has 3 aromatic rings. The number of rotatable bonds is 5. The molecule has 0 heterocycles. The Morgan fingerprint density at radius 3 is 2.07 bits per heavy atom. The first-order chi connectivity index (χ1) is 13.0. The van der Waals surface area contributed by atoms with Crippen LogP contribution in [-0.2, 0) is 11.3 Å². The number of esters is 1. The molecule has 3 aromatic carbocycles. The van der Waals surface area contributed by atoms with Crippen LogP contribution in [0.2, 0.25) is 0 Å². The zero-order valence-corrected chi connectivity index (χ0v) is 15.4. The van der Waals surface area contributed by atoms with Gasteiger partial charge in [-0.2, -0.15) is 0 Å². The van der Waals surface area contributed by atoms with Crippen molar-refractivity contribution >= 4 is 17.6 Å². The van der Waals surface area contributed by atoms with Crippen molar-refractivity contribution in [1.29, 1.82) is 0 Å². The summed E-state index contributed by atoms with van der Waals surface area (Å²) < 4.78 is 5.38. The van der Waals surface area contributed by atoms with E-state index in [9.17, 15) is 9.59 Å². The SMILES string of the molecule is Cc1cc(C)cc(C(=O)OCc2ccc(C(=O)Nc3ccccc3)cc2)c1. The highest BCUT2D eigenvalue weighted by atomic mass is 16.5. The van der Waals surface area contributed by atoms with Crippen molar-refractivity contribution in [2.24, 2.45) is 0 Å². The Bertz CT molecular complexity index is 927. The molecule has 0 unspecified atom stereocenters. The number of benzene rings is 3. The van der Waals surface area contributed by atoms with Crippen LogP contribution in [0.3, 0.4) is 0 Å². The number of anilines is 1. The van der Waals surface area contributed by atoms with Gasteiger partial charge in [-0.25, -0.2) is 4.79 Å². The topological polar surface area (TPSA) is 55.4 Å². The smallest absolute Gasteiger partial charge is 0.338 e. The number of carbonyl (C=O) groups is 2. The molecule has 0 spiro atoms. The summed E-state index contributed by atoms with van der Waals surface area (Å²) in [5, 5.41) is 2.84. The molecule has 1 N–H and O–H groups in total. The van der Waals surface area contributed by atoms with Crippen molar-refractivity contribution in [3.05, 3.63) is 101 Å². The van der Waals surface area contributed by atoms with Crippen molar-refractivity contribution in [2.75, 3.05) is 5.32 Å². The van der Waals surface area contributed by atoms with E-state index in [0.717, 1.165) is 22.4 Å². The molecule has 0 aliphatic rings. The van der Waals surface area contributed by atoms with Gasteiger partial charge in [-0.15, -0.1) is 0 Å². The first-order valence-electron chi connectivity index (χ1n) is 8.72. The number of ether oxygens (including phenoxy) is 1. The lowest BCUT2D eigenvalue weighted by Gasteiger charge is -2.08. The van der Waals surface area contributed by atoms with Crippen molar-refractivity contribution < 1.29 is 14.3 Å². The second-order valence-corrected chi connectivity index (χ2v) is 6.47. The maximum atomic E-state index is 12.2. The summed E-state index contributed by atoms with van der Waals surface area (Å²) in [7, 11) is 0. The van der Waals surface area contributed by atoms with Gasteiger partial charge in [0.2, 0.25) is 0 Å². The third kappa shape index (κ3) is 5.05. The predicted octanol–water partition coefficient (Wildman–Crippen LogP) is 4.91. The van der Waals surface area contributed by atoms with Gasteiger partial charge in [0.1, 0.15) is 6.61 Å². The van der Waals surface area contributed by atoms with E-state index < -0.39 is 0 Å². The van der Waals surface area contributed by atoms with Crippen LogP contribution in [0, 0.1) is 13.8 Å². The second-order valence-electron chi connectivity index (χ2n) is 6.47. The lowest BCUT2D eigenvalue weighted by Crippen LogP contribution is -2.12. The van der Waals surface area contributed by atoms with Crippen molar-refractivity contribution in [2.45, 2.75) is 20.5 Å². The average Bonchev–Trinajstić information content (AvgIpc) is 2.66. The van der Waals surface area contributed by atoms with E-state index in [0.29, 0.717) is 11.1 Å². The van der Waals surface area contributed by atoms with Crippen molar-refractivity contribution in [1.82, 2.24) is 0 Å². The molecule has 4 heteroatoms. The fourth-order valence-corrected chi connectivity index (χ4v) is 2.80. The third-order valence-electron chi connectivity index (χ3n) is 4.08. The molecular weight excluding hydrogens is 338 g/mol. The normalized spacial score (nSPS) is 10.3. The minimum atomic E-state index is -0.354. The molecule has 0 aliphatic heterocycles. The van der Waals surface area contributed by atoms with E-state index >= 15 is 0 Å². The summed E-state index contributed by atoms with van der Waals surface area (Å²) in [6, 6.07) is 21.9. The molecule has 136 valence electrons. The zero-order valence-electron chi connectivity index (χ0n) is 15.4. The summed E-state index contributed by atoms with van der Waals surface area (Å²) in [5.41, 5.74) is 4.71. The molecule has 0 bridgehead atoms. The minimum Gasteiger partial charge on any atom is -0.457 e. The van der Waals surface area contributed by atoms with Gasteiger partial charge < -0.3 is 10.1 Å². The number of hydrogen-bond donors (Lipinski definition) is 1. The fourth-order valence-electron chi connectivity index (χ4n) is 2.80. The quantitative estimate of drug-likeness (QED) is 0.658. The van der Waals surface area contributed by atoms with E-state index in [4.69, 9.17) is 4.74 Å². The summed E-state index contributed by atoms with van der Waals surface area (Å²) in [4.78, 5) is 24.5. The van der Waals surface area contributed by atoms with Gasteiger partial charge >= 0.3 is 5.97 Å². The van der Waals surface area contributed by atoms with Gasteiger partial charge in [0.25, 0.3) is 5.91 Å². The summed E-state index contributed by atoms with van der Waals surface area (Å²) in [6.07, 6.45) is 0. The average molecular weight is 359 g/mol. The number of hydrogen-bond acceptors (Lipinski definition) is 3. The molecule has 27 heavy (non-hydrogen) atoms. The number of nitrogens with one attached hydrogen (secondary N) is 1. The molecule has 0 aliphatic carbocycles. The Hall–Kier alpha value is -3.40. The summed E-state index contributed by atoms with van der Waals surface area (Å²) >= 11 is 0. The fraction of sp³-hybridized carbons (Fsp3) is 0.130. The highest BCUT2D eigenvalue weighted by Gasteiger charge is 2.10. The van der Waals surface area contributed by atoms with Gasteiger partial charge in [-0.05, 0) is 55.8 Å². The second kappa shape index (κ2) is 8.32. The van der Waals surface area contributed by atoms with Crippen molar-refractivity contribution in [3.63, 3.8) is 0 Å². The molecule has 4 nitrogen and oxygen atoms in total. The first kappa shape index (κ1) is 18.4. The van der Waals surface area contributed by atoms with E-state index in [1.54, 1.807) is 24.3 Å². The van der Waals surface area contributed by atoms with Gasteiger partial charge in [-0.1, -0.05) is 47.5 Å². The number of para-hydroxylation sites is 1. The van der Waals surface area contributed by atoms with Crippen LogP contribution in [0.1, 0.15) is 37.4 Å². The molecule has 1 amide bonds. The lowest BCUT2D eigenvalue weighted by molar-refractivity contribution is 0.0472. The van der Waals surface area contributed by atoms with Crippen LogP contribution in [0.15, 0.2) is 72.8 Å². The Labute approximate surface area is 158 Å². The van der Waals surface area contributed by atoms with E-state index in [1.807, 2.05) is 62.4 Å². The third-order valence-corrected chi connectivity index (χ3v) is 4.08. The van der Waals surface area contributed by atoms with E-state index in [2.05, 4.69) is 5.32 Å². The first-order valence-corrected chi connectivity index (χ1v) is 8.72. The molecule has 0 fully saturated rings. The molecular formula is C23H21NO3. The van der Waals surface area contributed by atoms with E-state index in [1.165, 1.54) is 0 Å². The molecule has 0 aromatic heterocycles. The summed E-state index contributed by atoms with van der Waals surface area (Å²) in [6.45, 7) is 4.05. The van der Waals surface area contributed by atoms with E-state index in [-0.39, 0.29) is 18.5 Å². The van der Waals surface area contributed by atoms with Crippen molar-refractivity contribution in [3.8, 4) is 0 Å². The van der Waals surface area contributed by atoms with Crippen LogP contribution < -0.4 is 5.32 Å². The van der Waals surface area contributed by atoms with Gasteiger partial charge in [0.05, 0.1) is 5.56 Å². The molecule has 3 rings (SSSR count). The minimum absolute atomic E-state index is 0.159. The predicted molar refractivity (Wildman–Crippen MR) is 106 cm³/mol. The number of amides is 1. The summed E-state index contributed by atoms with van der Waals surface area (Å²) in [5.74, 6) is -0.535. The maximum absolute atomic E-state index is 12.2. The highest BCUT2D eigenvalue weighted by Crippen LogP contribution is 2.13. The van der Waals surface area contributed by atoms with Gasteiger partial charge in [-0.3, -0.25) is 4.79 Å². The van der Waals surface area contributed by atoms with Crippen LogP contribution >= 0.6 is 0 Å². The molecule has 0 saturated heterocycles. The Balaban J connectivity index is 1.59. The highest BCUT2D eigenvalue weighted by molar-refractivity contribution is 6.04. The zero-order chi connectivity index (χ0) is 19.2. The Morgan fingerprint density at radius 2 is 1.44 bits per heavy atom. The van der Waals surface area contributed by atoms with Crippen LogP contribution in [0.5, 0.6) is 0 Å². The molecule has 0 atom stereocenters.